The van der Waals surface area contributed by atoms with Crippen molar-refractivity contribution in [2.24, 2.45) is 0 Å². The summed E-state index contributed by atoms with van der Waals surface area (Å²) in [5.74, 6) is 1.30. The molecule has 0 bridgehead atoms. The highest BCUT2D eigenvalue weighted by Gasteiger charge is 2.51. The molecule has 5 rings (SSSR count). The van der Waals surface area contributed by atoms with E-state index in [1.165, 1.54) is 13.1 Å². The predicted octanol–water partition coefficient (Wildman–Crippen LogP) is 6.77. The molecule has 12 nitrogen and oxygen atoms in total. The van der Waals surface area contributed by atoms with E-state index in [1.54, 1.807) is 14.2 Å². The maximum absolute atomic E-state index is 17.1. The number of rotatable bonds is 17. The van der Waals surface area contributed by atoms with Gasteiger partial charge in [0.1, 0.15) is 29.3 Å². The van der Waals surface area contributed by atoms with Gasteiger partial charge in [0.15, 0.2) is 12.4 Å². The van der Waals surface area contributed by atoms with Gasteiger partial charge in [-0.05, 0) is 75.6 Å². The van der Waals surface area contributed by atoms with Gasteiger partial charge in [0.05, 0.1) is 39.9 Å². The monoisotopic (exact) mass is 762 g/mol. The number of H-pyrrole nitrogens is 1. The maximum Gasteiger partial charge on any atom is 0.330 e. The van der Waals surface area contributed by atoms with Crippen LogP contribution in [0.5, 0.6) is 11.5 Å². The SMILES string of the molecule is COc1ccc(C(OC[C@H]2O[C@@H](n3cc(C)c(=O)[nH]c3=O)[C@H](F)C2OP(OCCC#N)N(C(C)C)C(C)C)(c2ccccc2)c2ccc(OC)cc2)cc1. The number of aryl methyl sites for hydroxylation is 1. The van der Waals surface area contributed by atoms with Gasteiger partial charge >= 0.3 is 5.69 Å². The fourth-order valence-corrected chi connectivity index (χ4v) is 8.40. The number of nitrogens with one attached hydrogen (secondary N) is 1. The highest BCUT2D eigenvalue weighted by molar-refractivity contribution is 7.44. The Balaban J connectivity index is 1.64. The lowest BCUT2D eigenvalue weighted by molar-refractivity contribution is -0.0935. The third-order valence-corrected chi connectivity index (χ3v) is 11.3. The van der Waals surface area contributed by atoms with Gasteiger partial charge in [-0.15, -0.1) is 0 Å². The van der Waals surface area contributed by atoms with E-state index < -0.39 is 50.0 Å². The van der Waals surface area contributed by atoms with Gasteiger partial charge in [0.2, 0.25) is 0 Å². The lowest BCUT2D eigenvalue weighted by Crippen LogP contribution is -2.41. The Bertz CT molecular complexity index is 1910. The Morgan fingerprint density at radius 3 is 2.00 bits per heavy atom. The standard InChI is InChI=1S/C40H48FN4O8P/c1-26(2)45(27(3)4)54(51-23-11-22-42)53-36-34(52-38(35(36)41)44-24-28(5)37(46)43-39(44)47)25-50-40(29-12-9-8-10-13-29,30-14-18-32(48-6)19-15-30)31-16-20-33(49-7)21-17-31/h8-10,12-21,24,26-27,34-36,38H,11,23,25H2,1-7H3,(H,43,46,47)/t34-,35-,36?,38-,54?/m1/s1. The molecule has 5 atom stereocenters. The Hall–Kier alpha value is -4.41. The van der Waals surface area contributed by atoms with Crippen LogP contribution in [0.3, 0.4) is 0 Å². The number of ether oxygens (including phenoxy) is 4. The van der Waals surface area contributed by atoms with Crippen LogP contribution >= 0.6 is 8.53 Å². The van der Waals surface area contributed by atoms with Crippen LogP contribution in [-0.2, 0) is 24.1 Å². The fraction of sp³-hybridized carbons (Fsp3) is 0.425. The summed E-state index contributed by atoms with van der Waals surface area (Å²) in [4.78, 5) is 27.6. The van der Waals surface area contributed by atoms with E-state index in [9.17, 15) is 14.9 Å². The molecule has 1 aliphatic rings. The average molecular weight is 763 g/mol. The van der Waals surface area contributed by atoms with Crippen LogP contribution in [0.25, 0.3) is 0 Å². The van der Waals surface area contributed by atoms with Crippen LogP contribution in [0, 0.1) is 18.3 Å². The van der Waals surface area contributed by atoms with Crippen LogP contribution < -0.4 is 20.7 Å². The van der Waals surface area contributed by atoms with Gasteiger partial charge in [-0.3, -0.25) is 14.3 Å². The first-order valence-corrected chi connectivity index (χ1v) is 18.9. The van der Waals surface area contributed by atoms with Crippen molar-refractivity contribution < 1.29 is 32.4 Å². The molecule has 2 unspecified atom stereocenters. The van der Waals surface area contributed by atoms with Gasteiger partial charge in [-0.2, -0.15) is 5.26 Å². The van der Waals surface area contributed by atoms with Crippen molar-refractivity contribution in [2.45, 2.75) is 83.3 Å². The van der Waals surface area contributed by atoms with Gasteiger partial charge < -0.3 is 28.0 Å². The van der Waals surface area contributed by atoms with E-state index in [2.05, 4.69) is 11.1 Å². The Kier molecular flexibility index (Phi) is 13.8. The third kappa shape index (κ3) is 8.76. The quantitative estimate of drug-likeness (QED) is 0.0698. The lowest BCUT2D eigenvalue weighted by atomic mass is 9.80. The molecular formula is C40H48FN4O8P. The molecule has 0 aliphatic carbocycles. The van der Waals surface area contributed by atoms with Gasteiger partial charge in [0.25, 0.3) is 14.1 Å². The smallest absolute Gasteiger partial charge is 0.330 e. The number of hydrogen-bond donors (Lipinski definition) is 1. The Labute approximate surface area is 316 Å². The van der Waals surface area contributed by atoms with Crippen molar-refractivity contribution >= 4 is 8.53 Å². The Morgan fingerprint density at radius 2 is 1.48 bits per heavy atom. The summed E-state index contributed by atoms with van der Waals surface area (Å²) in [6, 6.07) is 26.6. The second kappa shape index (κ2) is 18.3. The summed E-state index contributed by atoms with van der Waals surface area (Å²) in [5.41, 5.74) is -0.177. The first kappa shape index (κ1) is 40.8. The van der Waals surface area contributed by atoms with Gasteiger partial charge in [-0.25, -0.2) is 13.9 Å². The molecule has 288 valence electrons. The Morgan fingerprint density at radius 1 is 0.926 bits per heavy atom. The van der Waals surface area contributed by atoms with Crippen LogP contribution in [0.4, 0.5) is 4.39 Å². The zero-order valence-electron chi connectivity index (χ0n) is 31.6. The topological polar surface area (TPSA) is 137 Å². The molecule has 0 radical (unpaired) electrons. The predicted molar refractivity (Wildman–Crippen MR) is 203 cm³/mol. The first-order valence-electron chi connectivity index (χ1n) is 17.8. The molecule has 14 heteroatoms. The van der Waals surface area contributed by atoms with E-state index in [-0.39, 0.29) is 37.3 Å². The molecular weight excluding hydrogens is 714 g/mol. The van der Waals surface area contributed by atoms with Crippen LogP contribution in [0.2, 0.25) is 0 Å². The van der Waals surface area contributed by atoms with Crippen molar-refractivity contribution in [1.29, 1.82) is 5.26 Å². The number of halogens is 1. The highest BCUT2D eigenvalue weighted by atomic mass is 31.2. The van der Waals surface area contributed by atoms with Gasteiger partial charge in [-0.1, -0.05) is 54.6 Å². The molecule has 54 heavy (non-hydrogen) atoms. The molecule has 3 aromatic carbocycles. The molecule has 1 saturated heterocycles. The molecule has 0 amide bonds. The molecule has 1 N–H and O–H groups in total. The van der Waals surface area contributed by atoms with E-state index in [1.807, 2.05) is 111 Å². The summed E-state index contributed by atoms with van der Waals surface area (Å²) < 4.78 is 57.3. The average Bonchev–Trinajstić information content (AvgIpc) is 3.47. The normalized spacial score (nSPS) is 19.3. The molecule has 0 saturated carbocycles. The third-order valence-electron chi connectivity index (χ3n) is 9.20. The summed E-state index contributed by atoms with van der Waals surface area (Å²) in [6.45, 7) is 9.30. The molecule has 1 aromatic heterocycles. The zero-order valence-corrected chi connectivity index (χ0v) is 32.5. The van der Waals surface area contributed by atoms with Crippen LogP contribution in [0.15, 0.2) is 94.6 Å². The molecule has 4 aromatic rings. The number of aromatic amines is 1. The van der Waals surface area contributed by atoms with E-state index >= 15 is 4.39 Å². The first-order chi connectivity index (χ1) is 25.9. The van der Waals surface area contributed by atoms with Crippen molar-refractivity contribution in [3.63, 3.8) is 0 Å². The molecule has 0 spiro atoms. The number of nitrogens with zero attached hydrogens (tertiary/aromatic N) is 3. The minimum absolute atomic E-state index is 0.0654. The summed E-state index contributed by atoms with van der Waals surface area (Å²) in [7, 11) is 1.25. The number of nitriles is 1. The highest BCUT2D eigenvalue weighted by Crippen LogP contribution is 2.51. The van der Waals surface area contributed by atoms with Gasteiger partial charge in [0, 0.05) is 23.8 Å². The number of methoxy groups -OCH3 is 2. The number of alkyl halides is 1. The minimum atomic E-state index is -1.93. The van der Waals surface area contributed by atoms with Crippen molar-refractivity contribution in [1.82, 2.24) is 14.2 Å². The number of benzene rings is 3. The molecule has 2 heterocycles. The van der Waals surface area contributed by atoms with Crippen molar-refractivity contribution in [3.8, 4) is 17.6 Å². The lowest BCUT2D eigenvalue weighted by Gasteiger charge is -2.39. The number of hydrogen-bond acceptors (Lipinski definition) is 10. The summed E-state index contributed by atoms with van der Waals surface area (Å²) >= 11 is 0. The minimum Gasteiger partial charge on any atom is -0.497 e. The van der Waals surface area contributed by atoms with Crippen LogP contribution in [-0.4, -0.2) is 72.1 Å². The zero-order chi connectivity index (χ0) is 39.0. The maximum atomic E-state index is 17.1. The van der Waals surface area contributed by atoms with E-state index in [0.717, 1.165) is 21.3 Å². The van der Waals surface area contributed by atoms with Crippen molar-refractivity contribution in [3.05, 3.63) is 128 Å². The largest absolute Gasteiger partial charge is 0.497 e. The second-order valence-electron chi connectivity index (χ2n) is 13.4. The van der Waals surface area contributed by atoms with E-state index in [4.69, 9.17) is 28.0 Å². The molecule has 1 fully saturated rings. The summed E-state index contributed by atoms with van der Waals surface area (Å²) in [5, 5.41) is 9.27. The van der Waals surface area contributed by atoms with Crippen LogP contribution in [0.1, 0.15) is 62.6 Å². The number of aromatic nitrogens is 2. The van der Waals surface area contributed by atoms with E-state index in [0.29, 0.717) is 11.5 Å². The second-order valence-corrected chi connectivity index (χ2v) is 14.8. The fourth-order valence-electron chi connectivity index (χ4n) is 6.63. The summed E-state index contributed by atoms with van der Waals surface area (Å²) in [6.07, 6.45) is -4.38. The molecule has 1 aliphatic heterocycles. The van der Waals surface area contributed by atoms with Crippen molar-refractivity contribution in [2.75, 3.05) is 27.4 Å².